The predicted octanol–water partition coefficient (Wildman–Crippen LogP) is 0.444. The second-order valence-electron chi connectivity index (χ2n) is 4.40. The van der Waals surface area contributed by atoms with Gasteiger partial charge in [-0.2, -0.15) is 0 Å². The molecule has 1 aliphatic rings. The Bertz CT molecular complexity index is 303. The number of nitrogens with zero attached hydrogens (tertiary/aromatic N) is 1. The fourth-order valence-corrected chi connectivity index (χ4v) is 3.60. The topological polar surface area (TPSA) is 72.6 Å². The van der Waals surface area contributed by atoms with E-state index in [9.17, 15) is 8.42 Å². The molecule has 0 amide bonds. The lowest BCUT2D eigenvalue weighted by molar-refractivity contribution is 0.134. The van der Waals surface area contributed by atoms with Crippen LogP contribution in [0, 0.1) is 5.92 Å². The Morgan fingerprint density at radius 3 is 2.35 bits per heavy atom. The summed E-state index contributed by atoms with van der Waals surface area (Å²) in [7, 11) is -1.63. The molecule has 7 heteroatoms. The molecule has 104 valence electrons. The number of sulfonamides is 1. The van der Waals surface area contributed by atoms with E-state index in [2.05, 4.69) is 0 Å². The van der Waals surface area contributed by atoms with Crippen LogP contribution in [0.2, 0.25) is 0 Å². The second-order valence-corrected chi connectivity index (χ2v) is 6.42. The van der Waals surface area contributed by atoms with E-state index >= 15 is 0 Å². The number of methoxy groups -OCH3 is 1. The van der Waals surface area contributed by atoms with Crippen LogP contribution in [0.15, 0.2) is 0 Å². The third kappa shape index (κ3) is 5.09. The molecular weight excluding hydrogens is 264 g/mol. The summed E-state index contributed by atoms with van der Waals surface area (Å²) in [6, 6.07) is 0. The molecule has 0 saturated carbocycles. The molecule has 2 N–H and O–H groups in total. The molecule has 1 saturated heterocycles. The van der Waals surface area contributed by atoms with Gasteiger partial charge in [0.1, 0.15) is 0 Å². The maximum absolute atomic E-state index is 12.0. The van der Waals surface area contributed by atoms with Gasteiger partial charge in [-0.15, -0.1) is 12.4 Å². The van der Waals surface area contributed by atoms with Crippen LogP contribution in [0.1, 0.15) is 19.8 Å². The number of ether oxygens (including phenoxy) is 1. The van der Waals surface area contributed by atoms with Crippen molar-refractivity contribution < 1.29 is 13.2 Å². The van der Waals surface area contributed by atoms with Crippen LogP contribution in [0.25, 0.3) is 0 Å². The quantitative estimate of drug-likeness (QED) is 0.796. The SMILES string of the molecule is COC(C)CS(=O)(=O)N1CCC(CN)CC1.Cl. The van der Waals surface area contributed by atoms with Gasteiger partial charge in [-0.3, -0.25) is 0 Å². The summed E-state index contributed by atoms with van der Waals surface area (Å²) >= 11 is 0. The highest BCUT2D eigenvalue weighted by Crippen LogP contribution is 2.19. The molecule has 0 aromatic heterocycles. The molecule has 1 aliphatic heterocycles. The highest BCUT2D eigenvalue weighted by atomic mass is 35.5. The van der Waals surface area contributed by atoms with E-state index in [1.165, 1.54) is 7.11 Å². The molecule has 17 heavy (non-hydrogen) atoms. The highest BCUT2D eigenvalue weighted by Gasteiger charge is 2.28. The maximum atomic E-state index is 12.0. The van der Waals surface area contributed by atoms with Crippen LogP contribution in [0.3, 0.4) is 0 Å². The third-order valence-electron chi connectivity index (χ3n) is 3.15. The first-order chi connectivity index (χ1) is 7.49. The number of hydrogen-bond donors (Lipinski definition) is 1. The van der Waals surface area contributed by atoms with E-state index in [4.69, 9.17) is 10.5 Å². The van der Waals surface area contributed by atoms with Crippen molar-refractivity contribution in [1.29, 1.82) is 0 Å². The van der Waals surface area contributed by atoms with Gasteiger partial charge in [-0.25, -0.2) is 12.7 Å². The number of halogens is 1. The van der Waals surface area contributed by atoms with Crippen LogP contribution in [0.5, 0.6) is 0 Å². The number of piperidine rings is 1. The Hall–Kier alpha value is 0.120. The molecule has 1 heterocycles. The van der Waals surface area contributed by atoms with Gasteiger partial charge in [0.2, 0.25) is 10.0 Å². The maximum Gasteiger partial charge on any atom is 0.216 e. The van der Waals surface area contributed by atoms with Crippen molar-refractivity contribution >= 4 is 22.4 Å². The minimum Gasteiger partial charge on any atom is -0.381 e. The van der Waals surface area contributed by atoms with Gasteiger partial charge in [-0.05, 0) is 32.2 Å². The largest absolute Gasteiger partial charge is 0.381 e. The molecule has 0 aromatic carbocycles. The minimum absolute atomic E-state index is 0. The molecule has 0 radical (unpaired) electrons. The molecule has 1 fully saturated rings. The Kier molecular flexibility index (Phi) is 7.58. The van der Waals surface area contributed by atoms with Crippen LogP contribution >= 0.6 is 12.4 Å². The van der Waals surface area contributed by atoms with Crippen molar-refractivity contribution in [3.63, 3.8) is 0 Å². The summed E-state index contributed by atoms with van der Waals surface area (Å²) in [6.45, 7) is 3.62. The molecular formula is C10H23ClN2O3S. The van der Waals surface area contributed by atoms with Gasteiger partial charge < -0.3 is 10.5 Å². The van der Waals surface area contributed by atoms with Crippen molar-refractivity contribution in [2.75, 3.05) is 32.5 Å². The van der Waals surface area contributed by atoms with Crippen LogP contribution in [-0.4, -0.2) is 51.3 Å². The summed E-state index contributed by atoms with van der Waals surface area (Å²) in [4.78, 5) is 0. The van der Waals surface area contributed by atoms with Crippen molar-refractivity contribution in [2.24, 2.45) is 11.7 Å². The fourth-order valence-electron chi connectivity index (χ4n) is 1.89. The van der Waals surface area contributed by atoms with E-state index in [-0.39, 0.29) is 24.3 Å². The van der Waals surface area contributed by atoms with E-state index in [0.717, 1.165) is 12.8 Å². The average Bonchev–Trinajstić information content (AvgIpc) is 2.28. The van der Waals surface area contributed by atoms with Crippen LogP contribution in [-0.2, 0) is 14.8 Å². The summed E-state index contributed by atoms with van der Waals surface area (Å²) in [5, 5.41) is 0. The lowest BCUT2D eigenvalue weighted by atomic mass is 9.99. The van der Waals surface area contributed by atoms with Gasteiger partial charge in [0.15, 0.2) is 0 Å². The molecule has 0 spiro atoms. The normalized spacial score (nSPS) is 20.9. The summed E-state index contributed by atoms with van der Waals surface area (Å²) in [5.74, 6) is 0.544. The first kappa shape index (κ1) is 17.1. The smallest absolute Gasteiger partial charge is 0.216 e. The zero-order valence-electron chi connectivity index (χ0n) is 10.5. The molecule has 1 rings (SSSR count). The third-order valence-corrected chi connectivity index (χ3v) is 5.19. The van der Waals surface area contributed by atoms with Gasteiger partial charge in [0.05, 0.1) is 11.9 Å². The first-order valence-electron chi connectivity index (χ1n) is 5.70. The molecule has 5 nitrogen and oxygen atoms in total. The Labute approximate surface area is 110 Å². The summed E-state index contributed by atoms with van der Waals surface area (Å²) in [6.07, 6.45) is 1.49. The lowest BCUT2D eigenvalue weighted by Gasteiger charge is -2.31. The Morgan fingerprint density at radius 1 is 1.41 bits per heavy atom. The Morgan fingerprint density at radius 2 is 1.94 bits per heavy atom. The van der Waals surface area contributed by atoms with Crippen molar-refractivity contribution in [1.82, 2.24) is 4.31 Å². The van der Waals surface area contributed by atoms with Crippen molar-refractivity contribution in [3.05, 3.63) is 0 Å². The van der Waals surface area contributed by atoms with E-state index < -0.39 is 10.0 Å². The molecule has 0 bridgehead atoms. The molecule has 0 aliphatic carbocycles. The van der Waals surface area contributed by atoms with Gasteiger partial charge in [0.25, 0.3) is 0 Å². The van der Waals surface area contributed by atoms with Crippen LogP contribution < -0.4 is 5.73 Å². The molecule has 1 unspecified atom stereocenters. The van der Waals surface area contributed by atoms with Crippen molar-refractivity contribution in [2.45, 2.75) is 25.9 Å². The van der Waals surface area contributed by atoms with E-state index in [1.807, 2.05) is 0 Å². The molecule has 1 atom stereocenters. The van der Waals surface area contributed by atoms with E-state index in [1.54, 1.807) is 11.2 Å². The van der Waals surface area contributed by atoms with E-state index in [0.29, 0.717) is 25.6 Å². The number of hydrogen-bond acceptors (Lipinski definition) is 4. The zero-order chi connectivity index (χ0) is 12.2. The van der Waals surface area contributed by atoms with Crippen LogP contribution in [0.4, 0.5) is 0 Å². The second kappa shape index (κ2) is 7.53. The monoisotopic (exact) mass is 286 g/mol. The van der Waals surface area contributed by atoms with Crippen molar-refractivity contribution in [3.8, 4) is 0 Å². The summed E-state index contributed by atoms with van der Waals surface area (Å²) in [5.41, 5.74) is 5.57. The zero-order valence-corrected chi connectivity index (χ0v) is 12.1. The minimum atomic E-state index is -3.16. The number of rotatable bonds is 5. The fraction of sp³-hybridized carbons (Fsp3) is 1.00. The standard InChI is InChI=1S/C10H22N2O3S.ClH/c1-9(15-2)8-16(13,14)12-5-3-10(7-11)4-6-12;/h9-10H,3-8,11H2,1-2H3;1H. The lowest BCUT2D eigenvalue weighted by Crippen LogP contribution is -2.42. The molecule has 0 aromatic rings. The predicted molar refractivity (Wildman–Crippen MR) is 70.9 cm³/mol. The average molecular weight is 287 g/mol. The Balaban J connectivity index is 0.00000256. The first-order valence-corrected chi connectivity index (χ1v) is 7.31. The van der Waals surface area contributed by atoms with Gasteiger partial charge >= 0.3 is 0 Å². The highest BCUT2D eigenvalue weighted by molar-refractivity contribution is 7.89. The number of nitrogens with two attached hydrogens (primary N) is 1. The van der Waals surface area contributed by atoms with Gasteiger partial charge in [-0.1, -0.05) is 0 Å². The van der Waals surface area contributed by atoms with Gasteiger partial charge in [0, 0.05) is 20.2 Å². The summed E-state index contributed by atoms with van der Waals surface area (Å²) < 4.78 is 30.5.